The molecule has 1 spiro atoms. The van der Waals surface area contributed by atoms with Crippen LogP contribution in [0.3, 0.4) is 0 Å². The average molecular weight is 531 g/mol. The van der Waals surface area contributed by atoms with Gasteiger partial charge in [0.2, 0.25) is 0 Å². The molecule has 33 heavy (non-hydrogen) atoms. The van der Waals surface area contributed by atoms with Gasteiger partial charge in [0.05, 0.1) is 40.2 Å². The normalized spacial score (nSPS) is 29.6. The summed E-state index contributed by atoms with van der Waals surface area (Å²) in [5, 5.41) is 24.2. The van der Waals surface area contributed by atoms with Crippen molar-refractivity contribution in [2.45, 2.75) is 37.2 Å². The first kappa shape index (κ1) is 21.2. The Bertz CT molecular complexity index is 1400. The number of benzene rings is 1. The van der Waals surface area contributed by atoms with Crippen LogP contribution < -0.4 is 5.73 Å². The number of rotatable bonds is 2. The third-order valence-corrected chi connectivity index (χ3v) is 8.27. The number of hydrogen-bond donors (Lipinski definition) is 3. The molecule has 1 saturated heterocycles. The molecular formula is C23H21BrClN5O3. The largest absolute Gasteiger partial charge is 0.390 e. The lowest BCUT2D eigenvalue weighted by Gasteiger charge is -2.26. The quantitative estimate of drug-likeness (QED) is 0.337. The Morgan fingerprint density at radius 3 is 2.88 bits per heavy atom. The van der Waals surface area contributed by atoms with Crippen molar-refractivity contribution in [1.29, 1.82) is 0 Å². The molecule has 6 rings (SSSR count). The van der Waals surface area contributed by atoms with Crippen LogP contribution in [0.15, 0.2) is 47.3 Å². The molecule has 10 heteroatoms. The smallest absolute Gasteiger partial charge is 0.145 e. The van der Waals surface area contributed by atoms with E-state index in [1.54, 1.807) is 0 Å². The Kier molecular flexibility index (Phi) is 4.90. The Labute approximate surface area is 202 Å². The monoisotopic (exact) mass is 529 g/mol. The lowest BCUT2D eigenvalue weighted by Crippen LogP contribution is -2.37. The van der Waals surface area contributed by atoms with Gasteiger partial charge in [0, 0.05) is 17.0 Å². The predicted molar refractivity (Wildman–Crippen MR) is 128 cm³/mol. The van der Waals surface area contributed by atoms with Crippen LogP contribution in [0.1, 0.15) is 30.6 Å². The number of halogens is 2. The maximum atomic E-state index is 11.1. The number of aliphatic hydroxyl groups is 2. The Morgan fingerprint density at radius 2 is 2.03 bits per heavy atom. The predicted octanol–water partition coefficient (Wildman–Crippen LogP) is 3.79. The molecule has 3 aromatic heterocycles. The third-order valence-electron chi connectivity index (χ3n) is 7.15. The molecule has 4 heterocycles. The van der Waals surface area contributed by atoms with E-state index in [-0.39, 0.29) is 12.1 Å². The fourth-order valence-corrected chi connectivity index (χ4v) is 5.88. The summed E-state index contributed by atoms with van der Waals surface area (Å²) in [5.41, 5.74) is 7.81. The Hall–Kier alpha value is -2.30. The number of hydrogen-bond acceptors (Lipinski definition) is 7. The van der Waals surface area contributed by atoms with Gasteiger partial charge in [-0.25, -0.2) is 15.0 Å². The molecule has 5 atom stereocenters. The summed E-state index contributed by atoms with van der Waals surface area (Å²) in [4.78, 5) is 12.8. The molecule has 1 aromatic carbocycles. The molecule has 4 aromatic rings. The van der Waals surface area contributed by atoms with E-state index in [9.17, 15) is 10.2 Å². The first-order valence-corrected chi connectivity index (χ1v) is 11.8. The van der Waals surface area contributed by atoms with Gasteiger partial charge in [-0.15, -0.1) is 0 Å². The zero-order valence-electron chi connectivity index (χ0n) is 17.4. The second-order valence-corrected chi connectivity index (χ2v) is 10.2. The molecule has 2 fully saturated rings. The number of nitrogens with zero attached hydrogens (tertiary/aromatic N) is 4. The Morgan fingerprint density at radius 1 is 1.18 bits per heavy atom. The van der Waals surface area contributed by atoms with Crippen molar-refractivity contribution in [1.82, 2.24) is 19.5 Å². The van der Waals surface area contributed by atoms with Crippen molar-refractivity contribution in [2.75, 3.05) is 12.3 Å². The molecule has 1 aliphatic carbocycles. The summed E-state index contributed by atoms with van der Waals surface area (Å²) in [6, 6.07) is 9.42. The van der Waals surface area contributed by atoms with Gasteiger partial charge in [0.25, 0.3) is 0 Å². The van der Waals surface area contributed by atoms with Crippen molar-refractivity contribution in [3.05, 3.63) is 58.0 Å². The standard InChI is InChI=1S/C23H21BrClN5O3/c24-14-5-11-1-2-12(6-15(11)29-20(14)25)17-8-23(9-33-17)7-16(18(31)19(23)32)30-4-3-13-21(26)27-10-28-22(13)30/h1-6,10,16-19,31-32H,7-9H2,(H2,26,27,28)/t16-,17+,18+,19+,23-/m1/s1. The van der Waals surface area contributed by atoms with Crippen molar-refractivity contribution in [3.63, 3.8) is 0 Å². The average Bonchev–Trinajstić information content (AvgIpc) is 3.48. The first-order valence-electron chi connectivity index (χ1n) is 10.7. The van der Waals surface area contributed by atoms with Crippen LogP contribution in [-0.2, 0) is 4.74 Å². The SMILES string of the molecule is Nc1ncnc2c1ccn2[C@@H]1C[C@@]2(CO[C@H](c3ccc4cc(Br)c(Cl)nc4c3)C2)[C@@H](O)[C@H]1O. The number of anilines is 1. The Balaban J connectivity index is 1.30. The number of ether oxygens (including phenoxy) is 1. The molecule has 0 bridgehead atoms. The zero-order chi connectivity index (χ0) is 22.9. The van der Waals surface area contributed by atoms with Crippen molar-refractivity contribution < 1.29 is 14.9 Å². The number of nitrogens with two attached hydrogens (primary N) is 1. The van der Waals surface area contributed by atoms with Gasteiger partial charge in [-0.2, -0.15) is 0 Å². The van der Waals surface area contributed by atoms with E-state index in [1.807, 2.05) is 41.1 Å². The van der Waals surface area contributed by atoms with Crippen LogP contribution >= 0.6 is 27.5 Å². The summed E-state index contributed by atoms with van der Waals surface area (Å²) in [5.74, 6) is 0.391. The van der Waals surface area contributed by atoms with Crippen LogP contribution in [-0.4, -0.2) is 48.5 Å². The lowest BCUT2D eigenvalue weighted by atomic mass is 9.80. The molecule has 0 unspecified atom stereocenters. The molecule has 2 aliphatic rings. The fourth-order valence-electron chi connectivity index (χ4n) is 5.40. The maximum Gasteiger partial charge on any atom is 0.145 e. The minimum absolute atomic E-state index is 0.210. The summed E-state index contributed by atoms with van der Waals surface area (Å²) >= 11 is 9.59. The second kappa shape index (κ2) is 7.61. The van der Waals surface area contributed by atoms with Gasteiger partial charge in [0.15, 0.2) is 0 Å². The van der Waals surface area contributed by atoms with E-state index in [4.69, 9.17) is 22.1 Å². The molecule has 0 radical (unpaired) electrons. The van der Waals surface area contributed by atoms with Crippen molar-refractivity contribution in [3.8, 4) is 0 Å². The van der Waals surface area contributed by atoms with Gasteiger partial charge < -0.3 is 25.3 Å². The molecule has 170 valence electrons. The van der Waals surface area contributed by atoms with Crippen LogP contribution in [0.25, 0.3) is 21.9 Å². The summed E-state index contributed by atoms with van der Waals surface area (Å²) < 4.78 is 8.82. The molecule has 0 amide bonds. The molecular weight excluding hydrogens is 510 g/mol. The van der Waals surface area contributed by atoms with Crippen LogP contribution in [0.5, 0.6) is 0 Å². The number of aliphatic hydroxyl groups excluding tert-OH is 2. The van der Waals surface area contributed by atoms with E-state index in [0.717, 1.165) is 26.3 Å². The highest BCUT2D eigenvalue weighted by Crippen LogP contribution is 2.55. The highest BCUT2D eigenvalue weighted by Gasteiger charge is 2.57. The summed E-state index contributed by atoms with van der Waals surface area (Å²) in [7, 11) is 0. The summed E-state index contributed by atoms with van der Waals surface area (Å²) in [6.07, 6.45) is 2.33. The van der Waals surface area contributed by atoms with Gasteiger partial charge in [0.1, 0.15) is 29.0 Å². The highest BCUT2D eigenvalue weighted by molar-refractivity contribution is 9.10. The zero-order valence-corrected chi connectivity index (χ0v) is 19.7. The fraction of sp³-hybridized carbons (Fsp3) is 0.348. The van der Waals surface area contributed by atoms with Crippen LogP contribution in [0.2, 0.25) is 5.15 Å². The van der Waals surface area contributed by atoms with E-state index in [0.29, 0.717) is 36.1 Å². The molecule has 8 nitrogen and oxygen atoms in total. The van der Waals surface area contributed by atoms with E-state index in [1.165, 1.54) is 6.33 Å². The topological polar surface area (TPSA) is 119 Å². The summed E-state index contributed by atoms with van der Waals surface area (Å²) in [6.45, 7) is 0.356. The van der Waals surface area contributed by atoms with Crippen molar-refractivity contribution in [2.24, 2.45) is 5.41 Å². The first-order chi connectivity index (χ1) is 15.9. The number of nitrogen functional groups attached to an aromatic ring is 1. The van der Waals surface area contributed by atoms with Crippen LogP contribution in [0, 0.1) is 5.41 Å². The molecule has 4 N–H and O–H groups in total. The molecule has 1 aliphatic heterocycles. The lowest BCUT2D eigenvalue weighted by molar-refractivity contribution is -0.0309. The van der Waals surface area contributed by atoms with E-state index >= 15 is 0 Å². The van der Waals surface area contributed by atoms with Gasteiger partial charge in [-0.3, -0.25) is 0 Å². The number of aromatic nitrogens is 4. The van der Waals surface area contributed by atoms with E-state index < -0.39 is 17.6 Å². The maximum absolute atomic E-state index is 11.1. The van der Waals surface area contributed by atoms with Gasteiger partial charge in [-0.05, 0) is 52.5 Å². The molecule has 1 saturated carbocycles. The van der Waals surface area contributed by atoms with Gasteiger partial charge >= 0.3 is 0 Å². The van der Waals surface area contributed by atoms with Crippen molar-refractivity contribution >= 4 is 55.3 Å². The van der Waals surface area contributed by atoms with Crippen LogP contribution in [0.4, 0.5) is 5.82 Å². The van der Waals surface area contributed by atoms with Gasteiger partial charge in [-0.1, -0.05) is 23.7 Å². The minimum Gasteiger partial charge on any atom is -0.390 e. The third kappa shape index (κ3) is 3.25. The van der Waals surface area contributed by atoms with E-state index in [2.05, 4.69) is 30.9 Å². The second-order valence-electron chi connectivity index (χ2n) is 9.01. The minimum atomic E-state index is -0.950. The number of pyridine rings is 1. The number of fused-ring (bicyclic) bond motifs is 2. The highest BCUT2D eigenvalue weighted by atomic mass is 79.9.